The van der Waals surface area contributed by atoms with E-state index in [2.05, 4.69) is 4.98 Å². The van der Waals surface area contributed by atoms with Crippen molar-refractivity contribution in [2.45, 2.75) is 18.1 Å². The van der Waals surface area contributed by atoms with Gasteiger partial charge in [-0.1, -0.05) is 54.6 Å². The fourth-order valence-electron chi connectivity index (χ4n) is 3.06. The van der Waals surface area contributed by atoms with Gasteiger partial charge in [-0.2, -0.15) is 0 Å². The lowest BCUT2D eigenvalue weighted by atomic mass is 9.84. The molecule has 1 aromatic heterocycles. The maximum atomic E-state index is 11.9. The first-order chi connectivity index (χ1) is 13.4. The molecule has 0 saturated heterocycles. The summed E-state index contributed by atoms with van der Waals surface area (Å²) in [6, 6.07) is 19.1. The molecule has 1 heterocycles. The van der Waals surface area contributed by atoms with Crippen LogP contribution in [0.4, 0.5) is 0 Å². The summed E-state index contributed by atoms with van der Waals surface area (Å²) in [7, 11) is 1.50. The van der Waals surface area contributed by atoms with E-state index in [0.717, 1.165) is 11.1 Å². The number of rotatable bonds is 7. The van der Waals surface area contributed by atoms with E-state index in [9.17, 15) is 15.0 Å². The monoisotopic (exact) mass is 378 g/mol. The number of benzene rings is 2. The lowest BCUT2D eigenvalue weighted by molar-refractivity contribution is -0.161. The molecule has 6 nitrogen and oxygen atoms in total. The van der Waals surface area contributed by atoms with Crippen LogP contribution in [-0.2, 0) is 11.2 Å². The van der Waals surface area contributed by atoms with Crippen LogP contribution in [0.25, 0.3) is 11.1 Å². The first-order valence-corrected chi connectivity index (χ1v) is 8.79. The molecule has 6 heteroatoms. The van der Waals surface area contributed by atoms with Gasteiger partial charge in [0, 0.05) is 24.4 Å². The first-order valence-electron chi connectivity index (χ1n) is 8.79. The summed E-state index contributed by atoms with van der Waals surface area (Å²) in [6.07, 6.45) is 1.25. The zero-order valence-electron chi connectivity index (χ0n) is 15.4. The van der Waals surface area contributed by atoms with Gasteiger partial charge in [-0.25, -0.2) is 4.79 Å². The number of carbonyl (C=O) groups is 1. The lowest BCUT2D eigenvalue weighted by Crippen LogP contribution is -2.50. The molecule has 3 rings (SSSR count). The summed E-state index contributed by atoms with van der Waals surface area (Å²) in [5, 5.41) is 20.6. The van der Waals surface area contributed by atoms with Crippen molar-refractivity contribution in [3.63, 3.8) is 0 Å². The number of hydrogen-bond acceptors (Lipinski definition) is 5. The van der Waals surface area contributed by atoms with Crippen molar-refractivity contribution in [2.75, 3.05) is 7.11 Å². The zero-order chi connectivity index (χ0) is 20.1. The van der Waals surface area contributed by atoms with E-state index >= 15 is 0 Å². The van der Waals surface area contributed by atoms with Crippen LogP contribution in [0.2, 0.25) is 0 Å². The Bertz CT molecular complexity index is 944. The van der Waals surface area contributed by atoms with Crippen LogP contribution in [0.5, 0.6) is 5.75 Å². The number of hydrogen-bond donors (Lipinski definition) is 3. The second kappa shape index (κ2) is 8.21. The number of aromatic nitrogens is 1. The van der Waals surface area contributed by atoms with Crippen LogP contribution in [0.15, 0.2) is 72.9 Å². The Morgan fingerprint density at radius 1 is 1.11 bits per heavy atom. The molecule has 4 N–H and O–H groups in total. The van der Waals surface area contributed by atoms with Gasteiger partial charge >= 0.3 is 5.97 Å². The minimum Gasteiger partial charge on any atom is -0.497 e. The number of nitrogens with two attached hydrogens (primary N) is 1. The average molecular weight is 378 g/mol. The minimum atomic E-state index is -2.21. The smallest absolute Gasteiger partial charge is 0.338 e. The molecular weight excluding hydrogens is 356 g/mol. The summed E-state index contributed by atoms with van der Waals surface area (Å²) >= 11 is 0. The van der Waals surface area contributed by atoms with Crippen molar-refractivity contribution in [1.82, 2.24) is 4.98 Å². The van der Waals surface area contributed by atoms with Crippen LogP contribution in [0.1, 0.15) is 17.3 Å². The van der Waals surface area contributed by atoms with E-state index in [4.69, 9.17) is 10.5 Å². The number of methoxy groups -OCH3 is 1. The molecule has 0 aliphatic heterocycles. The first kappa shape index (κ1) is 19.5. The van der Waals surface area contributed by atoms with Crippen LogP contribution in [0, 0.1) is 0 Å². The van der Waals surface area contributed by atoms with Gasteiger partial charge in [0.2, 0.25) is 0 Å². The molecule has 0 aliphatic rings. The molecule has 3 aromatic rings. The molecule has 2 atom stereocenters. The highest BCUT2D eigenvalue weighted by Crippen LogP contribution is 2.30. The molecule has 0 fully saturated rings. The van der Waals surface area contributed by atoms with Gasteiger partial charge in [-0.05, 0) is 22.8 Å². The number of carboxylic acids is 1. The number of pyridine rings is 1. The number of aliphatic carboxylic acids is 1. The van der Waals surface area contributed by atoms with Gasteiger partial charge in [0.15, 0.2) is 5.60 Å². The van der Waals surface area contributed by atoms with Crippen molar-refractivity contribution in [1.29, 1.82) is 0 Å². The van der Waals surface area contributed by atoms with E-state index in [1.165, 1.54) is 13.3 Å². The van der Waals surface area contributed by atoms with Gasteiger partial charge < -0.3 is 20.7 Å². The highest BCUT2D eigenvalue weighted by atomic mass is 16.5. The van der Waals surface area contributed by atoms with Crippen molar-refractivity contribution in [3.05, 3.63) is 84.2 Å². The summed E-state index contributed by atoms with van der Waals surface area (Å²) in [5.41, 5.74) is 6.89. The van der Waals surface area contributed by atoms with Crippen molar-refractivity contribution in [3.8, 4) is 16.9 Å². The molecule has 2 aromatic carbocycles. The van der Waals surface area contributed by atoms with E-state index in [1.807, 2.05) is 42.5 Å². The number of ether oxygens (including phenoxy) is 1. The molecule has 144 valence electrons. The molecule has 0 aliphatic carbocycles. The highest BCUT2D eigenvalue weighted by Gasteiger charge is 2.43. The van der Waals surface area contributed by atoms with E-state index < -0.39 is 17.6 Å². The number of nitrogens with zero attached hydrogens (tertiary/aromatic N) is 1. The lowest BCUT2D eigenvalue weighted by Gasteiger charge is -2.30. The quantitative estimate of drug-likeness (QED) is 0.584. The average Bonchev–Trinajstić information content (AvgIpc) is 2.74. The standard InChI is InChI=1S/C22H22N2O4/c1-28-19-11-12-24-18(13-19)14-22(27,21(25)26)20(23)17-9-7-16(8-10-17)15-5-3-2-4-6-15/h2-13,20,27H,14,23H2,1H3,(H,25,26)/t20-,22+/m0/s1. The maximum absolute atomic E-state index is 11.9. The normalized spacial score (nSPS) is 14.1. The van der Waals surface area contributed by atoms with Crippen molar-refractivity contribution in [2.24, 2.45) is 5.73 Å². The summed E-state index contributed by atoms with van der Waals surface area (Å²) in [4.78, 5) is 16.0. The summed E-state index contributed by atoms with van der Waals surface area (Å²) < 4.78 is 5.13. The largest absolute Gasteiger partial charge is 0.497 e. The van der Waals surface area contributed by atoms with Gasteiger partial charge in [-0.15, -0.1) is 0 Å². The van der Waals surface area contributed by atoms with E-state index in [-0.39, 0.29) is 6.42 Å². The van der Waals surface area contributed by atoms with Gasteiger partial charge in [0.25, 0.3) is 0 Å². The molecule has 0 amide bonds. The predicted molar refractivity (Wildman–Crippen MR) is 106 cm³/mol. The summed E-state index contributed by atoms with van der Waals surface area (Å²) in [6.45, 7) is 0. The Morgan fingerprint density at radius 2 is 1.75 bits per heavy atom. The fourth-order valence-corrected chi connectivity index (χ4v) is 3.06. The van der Waals surface area contributed by atoms with Crippen molar-refractivity contribution < 1.29 is 19.7 Å². The number of aliphatic hydroxyl groups is 1. The van der Waals surface area contributed by atoms with E-state index in [0.29, 0.717) is 17.0 Å². The molecule has 0 bridgehead atoms. The molecular formula is C22H22N2O4. The van der Waals surface area contributed by atoms with Gasteiger partial charge in [0.05, 0.1) is 13.2 Å². The predicted octanol–water partition coefficient (Wildman–Crippen LogP) is 2.82. The minimum absolute atomic E-state index is 0.249. The van der Waals surface area contributed by atoms with Crippen molar-refractivity contribution >= 4 is 5.97 Å². The fraction of sp³-hybridized carbons (Fsp3) is 0.182. The Balaban J connectivity index is 1.87. The van der Waals surface area contributed by atoms with Gasteiger partial charge in [0.1, 0.15) is 5.75 Å². The van der Waals surface area contributed by atoms with Crippen LogP contribution >= 0.6 is 0 Å². The van der Waals surface area contributed by atoms with Crippen LogP contribution in [-0.4, -0.2) is 33.9 Å². The SMILES string of the molecule is COc1ccnc(C[C@](O)(C(=O)O)[C@@H](N)c2ccc(-c3ccccc3)cc2)c1. The topological polar surface area (TPSA) is 106 Å². The zero-order valence-corrected chi connectivity index (χ0v) is 15.4. The third-order valence-electron chi connectivity index (χ3n) is 4.74. The Morgan fingerprint density at radius 3 is 2.36 bits per heavy atom. The van der Waals surface area contributed by atoms with Gasteiger partial charge in [-0.3, -0.25) is 4.98 Å². The molecule has 0 unspecified atom stereocenters. The van der Waals surface area contributed by atoms with Crippen LogP contribution in [0.3, 0.4) is 0 Å². The molecule has 0 saturated carbocycles. The molecule has 0 radical (unpaired) electrons. The number of carboxylic acid groups (broad SMARTS) is 1. The third kappa shape index (κ3) is 4.03. The second-order valence-electron chi connectivity index (χ2n) is 6.56. The van der Waals surface area contributed by atoms with E-state index in [1.54, 1.807) is 24.3 Å². The third-order valence-corrected chi connectivity index (χ3v) is 4.74. The second-order valence-corrected chi connectivity index (χ2v) is 6.56. The highest BCUT2D eigenvalue weighted by molar-refractivity contribution is 5.79. The van der Waals surface area contributed by atoms with Crippen LogP contribution < -0.4 is 10.5 Å². The molecule has 0 spiro atoms. The Kier molecular flexibility index (Phi) is 5.73. The molecule has 28 heavy (non-hydrogen) atoms. The maximum Gasteiger partial charge on any atom is 0.338 e. The summed E-state index contributed by atoms with van der Waals surface area (Å²) in [5.74, 6) is -0.879. The Labute approximate surface area is 163 Å². The Hall–Kier alpha value is -3.22.